The Morgan fingerprint density at radius 3 is 2.67 bits per heavy atom. The lowest BCUT2D eigenvalue weighted by molar-refractivity contribution is 0.0200. The maximum Gasteiger partial charge on any atom is 0.511 e. The number of carboxylic acid groups (broad SMARTS) is 1. The Labute approximate surface area is 187 Å². The van der Waals surface area contributed by atoms with Crippen LogP contribution in [0, 0.1) is 34.8 Å². The molecule has 0 radical (unpaired) electrons. The summed E-state index contributed by atoms with van der Waals surface area (Å²) in [6.07, 6.45) is 7.12. The van der Waals surface area contributed by atoms with Crippen LogP contribution in [0.1, 0.15) is 31.7 Å². The number of anilines is 1. The number of aliphatic hydroxyl groups excluding tert-OH is 1. The third-order valence-electron chi connectivity index (χ3n) is 8.17. The number of allylic oxidation sites excluding steroid dienone is 1. The van der Waals surface area contributed by atoms with Gasteiger partial charge in [-0.05, 0) is 49.5 Å². The fourth-order valence-electron chi connectivity index (χ4n) is 6.40. The molecule has 2 aromatic rings. The van der Waals surface area contributed by atoms with Gasteiger partial charge in [-0.2, -0.15) is 0 Å². The zero-order valence-corrected chi connectivity index (χ0v) is 17.8. The molecule has 4 unspecified atom stereocenters. The number of nitrogens with zero attached hydrogens (tertiary/aromatic N) is 2. The number of rotatable bonds is 4. The van der Waals surface area contributed by atoms with E-state index in [1.54, 1.807) is 4.90 Å². The Balaban J connectivity index is 1.48. The normalized spacial score (nSPS) is 30.2. The van der Waals surface area contributed by atoms with Gasteiger partial charge in [0.1, 0.15) is 11.5 Å². The molecule has 0 spiro atoms. The van der Waals surface area contributed by atoms with Gasteiger partial charge in [-0.1, -0.05) is 12.2 Å². The molecule has 1 aliphatic heterocycles. The molecule has 2 N–H and O–H groups in total. The van der Waals surface area contributed by atoms with Crippen molar-refractivity contribution in [3.8, 4) is 5.75 Å². The zero-order chi connectivity index (χ0) is 23.1. The number of benzene rings is 1. The number of aliphatic hydroxyl groups is 1. The van der Waals surface area contributed by atoms with E-state index < -0.39 is 29.0 Å². The van der Waals surface area contributed by atoms with Crippen molar-refractivity contribution in [1.29, 1.82) is 0 Å². The molecular formula is C24H24F2N2O5. The first-order chi connectivity index (χ1) is 15.8. The van der Waals surface area contributed by atoms with Gasteiger partial charge in [0, 0.05) is 24.5 Å². The third kappa shape index (κ3) is 2.94. The van der Waals surface area contributed by atoms with Crippen molar-refractivity contribution >= 4 is 22.7 Å². The molecule has 1 aromatic carbocycles. The molecule has 0 amide bonds. The predicted molar refractivity (Wildman–Crippen MR) is 116 cm³/mol. The molecule has 4 aliphatic carbocycles. The van der Waals surface area contributed by atoms with Gasteiger partial charge < -0.3 is 24.4 Å². The van der Waals surface area contributed by atoms with E-state index in [4.69, 9.17) is 5.11 Å². The molecule has 7 rings (SSSR count). The van der Waals surface area contributed by atoms with E-state index in [1.807, 2.05) is 0 Å². The molecule has 1 aromatic heterocycles. The molecule has 174 valence electrons. The van der Waals surface area contributed by atoms with Crippen LogP contribution in [0.5, 0.6) is 5.75 Å². The summed E-state index contributed by atoms with van der Waals surface area (Å²) in [5.74, 6) is -1.48. The van der Waals surface area contributed by atoms with Crippen molar-refractivity contribution in [2.45, 2.75) is 31.7 Å². The first-order valence-corrected chi connectivity index (χ1v) is 11.4. The van der Waals surface area contributed by atoms with Gasteiger partial charge in [0.25, 0.3) is 0 Å². The Morgan fingerprint density at radius 1 is 1.24 bits per heavy atom. The van der Waals surface area contributed by atoms with Crippen LogP contribution in [-0.2, 0) is 0 Å². The van der Waals surface area contributed by atoms with Crippen LogP contribution in [0.4, 0.5) is 19.3 Å². The van der Waals surface area contributed by atoms with E-state index in [0.29, 0.717) is 19.0 Å². The predicted octanol–water partition coefficient (Wildman–Crippen LogP) is 3.68. The number of halogens is 2. The van der Waals surface area contributed by atoms with Crippen LogP contribution in [0.3, 0.4) is 0 Å². The monoisotopic (exact) mass is 458 g/mol. The summed E-state index contributed by atoms with van der Waals surface area (Å²) in [5, 5.41) is 18.9. The van der Waals surface area contributed by atoms with Gasteiger partial charge in [-0.3, -0.25) is 4.79 Å². The highest BCUT2D eigenvalue weighted by molar-refractivity contribution is 5.86. The summed E-state index contributed by atoms with van der Waals surface area (Å²) >= 11 is 0. The van der Waals surface area contributed by atoms with E-state index in [0.717, 1.165) is 31.7 Å². The summed E-state index contributed by atoms with van der Waals surface area (Å²) in [6.45, 7) is 0.926. The number of aromatic nitrogens is 1. The van der Waals surface area contributed by atoms with Gasteiger partial charge >= 0.3 is 6.16 Å². The van der Waals surface area contributed by atoms with Crippen molar-refractivity contribution in [2.75, 3.05) is 24.6 Å². The number of hydrogen-bond donors (Lipinski definition) is 2. The maximum absolute atomic E-state index is 16.0. The largest absolute Gasteiger partial charge is 0.511 e. The van der Waals surface area contributed by atoms with Gasteiger partial charge in [-0.25, -0.2) is 13.6 Å². The minimum absolute atomic E-state index is 0.0154. The number of fused-ring (bicyclic) bond motifs is 2. The van der Waals surface area contributed by atoms with E-state index in [9.17, 15) is 14.7 Å². The van der Waals surface area contributed by atoms with Crippen LogP contribution in [0.15, 0.2) is 29.2 Å². The molecule has 4 atom stereocenters. The van der Waals surface area contributed by atoms with Crippen LogP contribution in [-0.4, -0.2) is 40.6 Å². The standard InChI is InChI=1S/C24H24F2N2O5/c25-17-7-14-20(28(13-1-2-13)10-18(22(14)30)33-23(31)32)19(26)21(17)27-8-15-12-3-5-24(11-29,6-4-12)16(15)9-27/h3,5,7,10,12-13,15-16,29H,1-2,4,6,8-9,11H2,(H,31,32). The Hall–Kier alpha value is -2.94. The number of carbonyl (C=O) groups is 1. The van der Waals surface area contributed by atoms with Gasteiger partial charge in [0.2, 0.25) is 5.43 Å². The molecule has 1 saturated heterocycles. The van der Waals surface area contributed by atoms with Crippen molar-refractivity contribution in [3.63, 3.8) is 0 Å². The van der Waals surface area contributed by atoms with Gasteiger partial charge in [0.05, 0.1) is 23.7 Å². The summed E-state index contributed by atoms with van der Waals surface area (Å²) in [7, 11) is 0. The number of pyridine rings is 1. The van der Waals surface area contributed by atoms with E-state index >= 15 is 8.78 Å². The van der Waals surface area contributed by atoms with Crippen LogP contribution < -0.4 is 15.1 Å². The molecule has 9 heteroatoms. The molecule has 33 heavy (non-hydrogen) atoms. The minimum Gasteiger partial charge on any atom is -0.449 e. The third-order valence-corrected chi connectivity index (χ3v) is 8.17. The fourth-order valence-corrected chi connectivity index (χ4v) is 6.40. The first-order valence-electron chi connectivity index (χ1n) is 11.4. The zero-order valence-electron chi connectivity index (χ0n) is 17.8. The maximum atomic E-state index is 16.0. The molecule has 2 bridgehead atoms. The Bertz CT molecular complexity index is 1270. The highest BCUT2D eigenvalue weighted by atomic mass is 19.1. The second kappa shape index (κ2) is 7.03. The van der Waals surface area contributed by atoms with Crippen molar-refractivity contribution in [3.05, 3.63) is 46.3 Å². The van der Waals surface area contributed by atoms with E-state index in [2.05, 4.69) is 16.9 Å². The highest BCUT2D eigenvalue weighted by Gasteiger charge is 2.54. The van der Waals surface area contributed by atoms with Gasteiger partial charge in [-0.15, -0.1) is 0 Å². The summed E-state index contributed by atoms with van der Waals surface area (Å²) in [6, 6.07) is 0.899. The second-order valence-corrected chi connectivity index (χ2v) is 9.87. The van der Waals surface area contributed by atoms with Crippen molar-refractivity contribution < 1.29 is 28.5 Å². The summed E-state index contributed by atoms with van der Waals surface area (Å²) in [4.78, 5) is 25.5. The van der Waals surface area contributed by atoms with Crippen molar-refractivity contribution in [2.24, 2.45) is 23.2 Å². The molecule has 2 saturated carbocycles. The molecule has 7 nitrogen and oxygen atoms in total. The van der Waals surface area contributed by atoms with Crippen LogP contribution in [0.25, 0.3) is 10.9 Å². The number of hydrogen-bond acceptors (Lipinski definition) is 5. The quantitative estimate of drug-likeness (QED) is 0.537. The fraction of sp³-hybridized carbons (Fsp3) is 0.500. The SMILES string of the molecule is O=C(O)Oc1cn(C2CC2)c2c(F)c(N3CC4C5C=CC(CO)(CC5)C4C3)c(F)cc2c1=O. The van der Waals surface area contributed by atoms with Crippen LogP contribution in [0.2, 0.25) is 0 Å². The summed E-state index contributed by atoms with van der Waals surface area (Å²) in [5.41, 5.74) is -1.39. The van der Waals surface area contributed by atoms with Crippen molar-refractivity contribution in [1.82, 2.24) is 4.57 Å². The topological polar surface area (TPSA) is 92.0 Å². The Morgan fingerprint density at radius 2 is 2.03 bits per heavy atom. The number of ether oxygens (including phenoxy) is 1. The molecule has 2 heterocycles. The highest BCUT2D eigenvalue weighted by Crippen LogP contribution is 2.56. The van der Waals surface area contributed by atoms with E-state index in [-0.39, 0.29) is 46.5 Å². The average molecular weight is 458 g/mol. The first kappa shape index (κ1) is 20.7. The van der Waals surface area contributed by atoms with Gasteiger partial charge in [0.15, 0.2) is 11.6 Å². The lowest BCUT2D eigenvalue weighted by atomic mass is 9.55. The average Bonchev–Trinajstić information content (AvgIpc) is 3.53. The lowest BCUT2D eigenvalue weighted by Gasteiger charge is -2.49. The lowest BCUT2D eigenvalue weighted by Crippen LogP contribution is -2.46. The molecule has 5 aliphatic rings. The summed E-state index contributed by atoms with van der Waals surface area (Å²) < 4.78 is 37.5. The molecule has 3 fully saturated rings. The molecular weight excluding hydrogens is 434 g/mol. The Kier molecular flexibility index (Phi) is 4.40. The minimum atomic E-state index is -1.66. The van der Waals surface area contributed by atoms with Crippen LogP contribution >= 0.6 is 0 Å². The van der Waals surface area contributed by atoms with E-state index in [1.165, 1.54) is 10.8 Å². The smallest absolute Gasteiger partial charge is 0.449 e. The second-order valence-electron chi connectivity index (χ2n) is 9.87.